The van der Waals surface area contributed by atoms with Gasteiger partial charge in [0.25, 0.3) is 0 Å². The highest BCUT2D eigenvalue weighted by atomic mass is 79.9. The van der Waals surface area contributed by atoms with Crippen LogP contribution >= 0.6 is 15.9 Å². The van der Waals surface area contributed by atoms with Gasteiger partial charge in [0.05, 0.1) is 11.6 Å². The Morgan fingerprint density at radius 2 is 2.00 bits per heavy atom. The van der Waals surface area contributed by atoms with Gasteiger partial charge in [-0.25, -0.2) is 0 Å². The van der Waals surface area contributed by atoms with E-state index in [1.807, 2.05) is 18.2 Å². The van der Waals surface area contributed by atoms with E-state index < -0.39 is 0 Å². The van der Waals surface area contributed by atoms with Crippen LogP contribution < -0.4 is 5.32 Å². The fourth-order valence-electron chi connectivity index (χ4n) is 1.94. The molecule has 0 saturated carbocycles. The Bertz CT molecular complexity index is 422. The summed E-state index contributed by atoms with van der Waals surface area (Å²) >= 11 is 3.42. The van der Waals surface area contributed by atoms with Crippen LogP contribution in [0.4, 0.5) is 5.69 Å². The lowest BCUT2D eigenvalue weighted by Crippen LogP contribution is -2.34. The van der Waals surface area contributed by atoms with E-state index in [1.165, 1.54) is 0 Å². The Kier molecular flexibility index (Phi) is 6.17. The average Bonchev–Trinajstić information content (AvgIpc) is 2.35. The van der Waals surface area contributed by atoms with E-state index in [0.29, 0.717) is 11.6 Å². The molecule has 4 heteroatoms. The number of hydrogen-bond donors (Lipinski definition) is 1. The molecule has 0 radical (unpaired) electrons. The number of rotatable bonds is 6. The van der Waals surface area contributed by atoms with Crippen LogP contribution in [0.1, 0.15) is 26.3 Å². The number of nitrogens with zero attached hydrogens (tertiary/aromatic N) is 2. The summed E-state index contributed by atoms with van der Waals surface area (Å²) in [5.41, 5.74) is 1.66. The van der Waals surface area contributed by atoms with Gasteiger partial charge < -0.3 is 10.2 Å². The lowest BCUT2D eigenvalue weighted by molar-refractivity contribution is 0.295. The molecule has 0 spiro atoms. The molecule has 1 N–H and O–H groups in total. The first-order valence-corrected chi connectivity index (χ1v) is 7.07. The zero-order valence-corrected chi connectivity index (χ0v) is 12.8. The van der Waals surface area contributed by atoms with Crippen molar-refractivity contribution in [3.8, 4) is 6.07 Å². The first-order chi connectivity index (χ1) is 8.58. The van der Waals surface area contributed by atoms with Crippen molar-refractivity contribution in [1.29, 1.82) is 5.26 Å². The van der Waals surface area contributed by atoms with Crippen LogP contribution in [0.15, 0.2) is 22.7 Å². The first kappa shape index (κ1) is 15.0. The molecular weight excluding hydrogens is 290 g/mol. The minimum atomic E-state index is 0.353. The predicted molar refractivity (Wildman–Crippen MR) is 79.7 cm³/mol. The minimum absolute atomic E-state index is 0.353. The van der Waals surface area contributed by atoms with Gasteiger partial charge in [-0.1, -0.05) is 29.8 Å². The van der Waals surface area contributed by atoms with E-state index >= 15 is 0 Å². The number of likely N-dealkylation sites (N-methyl/N-ethyl adjacent to an activating group) is 1. The number of nitriles is 1. The largest absolute Gasteiger partial charge is 0.381 e. The Labute approximate surface area is 118 Å². The van der Waals surface area contributed by atoms with E-state index in [0.717, 1.165) is 29.8 Å². The molecule has 0 fully saturated rings. The van der Waals surface area contributed by atoms with Crippen molar-refractivity contribution in [3.05, 3.63) is 28.2 Å². The molecule has 0 bridgehead atoms. The third-order valence-corrected chi connectivity index (χ3v) is 3.32. The normalized spacial score (nSPS) is 12.2. The zero-order chi connectivity index (χ0) is 13.5. The summed E-state index contributed by atoms with van der Waals surface area (Å²) in [6.07, 6.45) is 0. The van der Waals surface area contributed by atoms with Crippen LogP contribution in [0.5, 0.6) is 0 Å². The van der Waals surface area contributed by atoms with Crippen molar-refractivity contribution >= 4 is 21.6 Å². The molecule has 1 atom stereocenters. The summed E-state index contributed by atoms with van der Waals surface area (Å²) in [4.78, 5) is 2.38. The van der Waals surface area contributed by atoms with Gasteiger partial charge in [0.1, 0.15) is 0 Å². The molecule has 0 aliphatic heterocycles. The maximum atomic E-state index is 8.94. The van der Waals surface area contributed by atoms with Crippen LogP contribution in [0.3, 0.4) is 0 Å². The van der Waals surface area contributed by atoms with Crippen LogP contribution in [-0.4, -0.2) is 30.6 Å². The fourth-order valence-corrected chi connectivity index (χ4v) is 2.43. The van der Waals surface area contributed by atoms with Crippen LogP contribution in [-0.2, 0) is 0 Å². The lowest BCUT2D eigenvalue weighted by Gasteiger charge is -2.24. The van der Waals surface area contributed by atoms with Crippen molar-refractivity contribution in [2.75, 3.05) is 25.0 Å². The Hall–Kier alpha value is -1.05. The molecule has 3 nitrogen and oxygen atoms in total. The zero-order valence-electron chi connectivity index (χ0n) is 11.2. The van der Waals surface area contributed by atoms with Gasteiger partial charge in [0, 0.05) is 22.7 Å². The van der Waals surface area contributed by atoms with E-state index in [-0.39, 0.29) is 0 Å². The van der Waals surface area contributed by atoms with Crippen molar-refractivity contribution < 1.29 is 0 Å². The molecule has 0 aliphatic rings. The lowest BCUT2D eigenvalue weighted by atomic mass is 10.2. The standard InChI is InChI=1S/C14H20BrN3/c1-4-18(5-2)10-11(3)17-14-7-12(9-16)6-13(15)8-14/h6-8,11,17H,4-5,10H2,1-3H3. The second kappa shape index (κ2) is 7.40. The van der Waals surface area contributed by atoms with Crippen molar-refractivity contribution in [2.24, 2.45) is 0 Å². The van der Waals surface area contributed by atoms with Gasteiger partial charge >= 0.3 is 0 Å². The van der Waals surface area contributed by atoms with Crippen molar-refractivity contribution in [2.45, 2.75) is 26.8 Å². The average molecular weight is 310 g/mol. The molecule has 1 unspecified atom stereocenters. The van der Waals surface area contributed by atoms with E-state index in [9.17, 15) is 0 Å². The molecular formula is C14H20BrN3. The van der Waals surface area contributed by atoms with Gasteiger partial charge in [0.2, 0.25) is 0 Å². The Morgan fingerprint density at radius 1 is 1.33 bits per heavy atom. The Balaban J connectivity index is 2.67. The molecule has 98 valence electrons. The van der Waals surface area contributed by atoms with E-state index in [1.54, 1.807) is 0 Å². The summed E-state index contributed by atoms with van der Waals surface area (Å²) in [7, 11) is 0. The topological polar surface area (TPSA) is 39.1 Å². The van der Waals surface area contributed by atoms with Crippen LogP contribution in [0.2, 0.25) is 0 Å². The van der Waals surface area contributed by atoms with E-state index in [2.05, 4.69) is 53.0 Å². The molecule has 1 rings (SSSR count). The second-order valence-corrected chi connectivity index (χ2v) is 5.29. The summed E-state index contributed by atoms with van der Waals surface area (Å²) in [6, 6.07) is 8.21. The van der Waals surface area contributed by atoms with Crippen molar-refractivity contribution in [3.63, 3.8) is 0 Å². The quantitative estimate of drug-likeness (QED) is 0.874. The van der Waals surface area contributed by atoms with Crippen LogP contribution in [0.25, 0.3) is 0 Å². The number of halogens is 1. The molecule has 0 aromatic heterocycles. The highest BCUT2D eigenvalue weighted by molar-refractivity contribution is 9.10. The second-order valence-electron chi connectivity index (χ2n) is 4.37. The number of anilines is 1. The predicted octanol–water partition coefficient (Wildman–Crippen LogP) is 3.46. The van der Waals surface area contributed by atoms with E-state index in [4.69, 9.17) is 5.26 Å². The third kappa shape index (κ3) is 4.67. The highest BCUT2D eigenvalue weighted by Crippen LogP contribution is 2.19. The third-order valence-electron chi connectivity index (χ3n) is 2.87. The fraction of sp³-hybridized carbons (Fsp3) is 0.500. The van der Waals surface area contributed by atoms with Gasteiger partial charge in [-0.15, -0.1) is 0 Å². The molecule has 0 heterocycles. The molecule has 0 saturated heterocycles. The number of benzene rings is 1. The summed E-state index contributed by atoms with van der Waals surface area (Å²) in [5, 5.41) is 12.4. The maximum absolute atomic E-state index is 8.94. The maximum Gasteiger partial charge on any atom is 0.0992 e. The SMILES string of the molecule is CCN(CC)CC(C)Nc1cc(Br)cc(C#N)c1. The molecule has 1 aromatic carbocycles. The number of nitrogens with one attached hydrogen (secondary N) is 1. The van der Waals surface area contributed by atoms with Gasteiger partial charge in [-0.05, 0) is 38.2 Å². The van der Waals surface area contributed by atoms with Crippen LogP contribution in [0, 0.1) is 11.3 Å². The monoisotopic (exact) mass is 309 g/mol. The minimum Gasteiger partial charge on any atom is -0.381 e. The Morgan fingerprint density at radius 3 is 2.56 bits per heavy atom. The summed E-state index contributed by atoms with van der Waals surface area (Å²) < 4.78 is 0.930. The van der Waals surface area contributed by atoms with Gasteiger partial charge in [-0.2, -0.15) is 5.26 Å². The van der Waals surface area contributed by atoms with Crippen molar-refractivity contribution in [1.82, 2.24) is 4.90 Å². The highest BCUT2D eigenvalue weighted by Gasteiger charge is 2.07. The smallest absolute Gasteiger partial charge is 0.0992 e. The molecule has 0 aliphatic carbocycles. The summed E-state index contributed by atoms with van der Waals surface area (Å²) in [6.45, 7) is 9.62. The van der Waals surface area contributed by atoms with Gasteiger partial charge in [-0.3, -0.25) is 0 Å². The summed E-state index contributed by atoms with van der Waals surface area (Å²) in [5.74, 6) is 0. The van der Waals surface area contributed by atoms with Gasteiger partial charge in [0.15, 0.2) is 0 Å². The first-order valence-electron chi connectivity index (χ1n) is 6.28. The number of hydrogen-bond acceptors (Lipinski definition) is 3. The molecule has 0 amide bonds. The molecule has 18 heavy (non-hydrogen) atoms. The molecule has 1 aromatic rings.